The smallest absolute Gasteiger partial charge is 0.339 e. The first-order chi connectivity index (χ1) is 19.9. The number of hydrogen-bond donors (Lipinski definition) is 0. The standard InChI is InChI=1S/C32H23ClN2O6/c1-37-22-9-4-19(5-10-22)29-26(17-34)31(41-30(29)20-6-11-23(38-2)12-7-20)35-18-24-13-15-28(40-24)21-8-14-27(33)25(16-21)32(36)39-3/h4-16,18H,1-3H3. The molecule has 0 N–H and O–H groups in total. The van der Waals surface area contributed by atoms with E-state index in [0.717, 1.165) is 11.1 Å². The van der Waals surface area contributed by atoms with Crippen molar-refractivity contribution >= 4 is 29.7 Å². The van der Waals surface area contributed by atoms with Crippen molar-refractivity contribution in [1.82, 2.24) is 0 Å². The highest BCUT2D eigenvalue weighted by molar-refractivity contribution is 6.33. The van der Waals surface area contributed by atoms with E-state index in [2.05, 4.69) is 11.1 Å². The van der Waals surface area contributed by atoms with Gasteiger partial charge in [-0.25, -0.2) is 9.79 Å². The van der Waals surface area contributed by atoms with Crippen LogP contribution < -0.4 is 9.47 Å². The van der Waals surface area contributed by atoms with Crippen molar-refractivity contribution in [2.45, 2.75) is 0 Å². The molecule has 204 valence electrons. The van der Waals surface area contributed by atoms with Gasteiger partial charge in [0.05, 0.1) is 38.1 Å². The number of hydrogen-bond acceptors (Lipinski definition) is 8. The van der Waals surface area contributed by atoms with E-state index in [9.17, 15) is 10.1 Å². The van der Waals surface area contributed by atoms with E-state index in [0.29, 0.717) is 39.9 Å². The molecule has 0 saturated heterocycles. The first-order valence-electron chi connectivity index (χ1n) is 12.3. The van der Waals surface area contributed by atoms with Gasteiger partial charge < -0.3 is 23.0 Å². The Labute approximate surface area is 241 Å². The number of halogens is 1. The summed E-state index contributed by atoms with van der Waals surface area (Å²) >= 11 is 6.14. The average Bonchev–Trinajstić information content (AvgIpc) is 3.64. The molecule has 0 saturated carbocycles. The number of methoxy groups -OCH3 is 3. The van der Waals surface area contributed by atoms with Crippen LogP contribution in [-0.2, 0) is 4.74 Å². The quantitative estimate of drug-likeness (QED) is 0.138. The fourth-order valence-corrected chi connectivity index (χ4v) is 4.43. The van der Waals surface area contributed by atoms with E-state index in [4.69, 9.17) is 34.6 Å². The maximum absolute atomic E-state index is 12.0. The first kappa shape index (κ1) is 27.3. The molecule has 0 aliphatic carbocycles. The summed E-state index contributed by atoms with van der Waals surface area (Å²) in [5.41, 5.74) is 3.24. The van der Waals surface area contributed by atoms with Gasteiger partial charge in [-0.2, -0.15) is 5.26 Å². The zero-order valence-electron chi connectivity index (χ0n) is 22.3. The van der Waals surface area contributed by atoms with E-state index in [1.165, 1.54) is 13.3 Å². The number of nitriles is 1. The number of furan rings is 2. The molecule has 9 heteroatoms. The molecule has 2 heterocycles. The number of nitrogens with zero attached hydrogens (tertiary/aromatic N) is 2. The van der Waals surface area contributed by atoms with E-state index >= 15 is 0 Å². The van der Waals surface area contributed by atoms with E-state index < -0.39 is 5.97 Å². The average molecular weight is 567 g/mol. The van der Waals surface area contributed by atoms with Crippen molar-refractivity contribution < 1.29 is 27.8 Å². The van der Waals surface area contributed by atoms with Crippen molar-refractivity contribution in [2.75, 3.05) is 21.3 Å². The Morgan fingerprint density at radius 2 is 1.49 bits per heavy atom. The lowest BCUT2D eigenvalue weighted by atomic mass is 9.98. The lowest BCUT2D eigenvalue weighted by molar-refractivity contribution is 0.0601. The fraction of sp³-hybridized carbons (Fsp3) is 0.0938. The third kappa shape index (κ3) is 5.57. The minimum absolute atomic E-state index is 0.126. The Morgan fingerprint density at radius 1 is 0.854 bits per heavy atom. The van der Waals surface area contributed by atoms with Gasteiger partial charge >= 0.3 is 5.97 Å². The van der Waals surface area contributed by atoms with Gasteiger partial charge in [0, 0.05) is 16.7 Å². The Balaban J connectivity index is 1.54. The van der Waals surface area contributed by atoms with Crippen LogP contribution in [-0.4, -0.2) is 33.5 Å². The zero-order valence-corrected chi connectivity index (χ0v) is 23.1. The normalized spacial score (nSPS) is 10.9. The summed E-state index contributed by atoms with van der Waals surface area (Å²) < 4.78 is 27.5. The number of carbonyl (C=O) groups is 1. The van der Waals surface area contributed by atoms with Gasteiger partial charge in [-0.1, -0.05) is 23.7 Å². The summed E-state index contributed by atoms with van der Waals surface area (Å²) in [7, 11) is 4.47. The molecule has 2 aromatic heterocycles. The van der Waals surface area contributed by atoms with Crippen molar-refractivity contribution in [1.29, 1.82) is 5.26 Å². The lowest BCUT2D eigenvalue weighted by Crippen LogP contribution is -2.02. The van der Waals surface area contributed by atoms with Gasteiger partial charge in [-0.3, -0.25) is 0 Å². The summed E-state index contributed by atoms with van der Waals surface area (Å²) in [6.45, 7) is 0. The highest BCUT2D eigenvalue weighted by Crippen LogP contribution is 2.43. The van der Waals surface area contributed by atoms with Gasteiger partial charge in [-0.05, 0) is 72.3 Å². The predicted octanol–water partition coefficient (Wildman–Crippen LogP) is 7.95. The van der Waals surface area contributed by atoms with Gasteiger partial charge in [0.15, 0.2) is 0 Å². The van der Waals surface area contributed by atoms with Crippen LogP contribution in [0.25, 0.3) is 33.8 Å². The SMILES string of the molecule is COC(=O)c1cc(-c2ccc(C=Nc3oc(-c4ccc(OC)cc4)c(-c4ccc(OC)cc4)c3C#N)o2)ccc1Cl. The van der Waals surface area contributed by atoms with Crippen LogP contribution in [0.5, 0.6) is 11.5 Å². The Bertz CT molecular complexity index is 1780. The zero-order chi connectivity index (χ0) is 28.9. The molecule has 0 radical (unpaired) electrons. The van der Waals surface area contributed by atoms with Crippen LogP contribution in [0.1, 0.15) is 21.7 Å². The number of rotatable bonds is 8. The minimum Gasteiger partial charge on any atom is -0.497 e. The summed E-state index contributed by atoms with van der Waals surface area (Å²) in [4.78, 5) is 16.5. The molecule has 0 amide bonds. The largest absolute Gasteiger partial charge is 0.497 e. The molecule has 0 bridgehead atoms. The molecular formula is C32H23ClN2O6. The Morgan fingerprint density at radius 3 is 2.10 bits per heavy atom. The number of ether oxygens (including phenoxy) is 3. The van der Waals surface area contributed by atoms with Crippen LogP contribution in [0.3, 0.4) is 0 Å². The molecule has 0 atom stereocenters. The maximum atomic E-state index is 12.0. The third-order valence-electron chi connectivity index (χ3n) is 6.32. The van der Waals surface area contributed by atoms with Crippen molar-refractivity contribution in [3.05, 3.63) is 101 Å². The molecule has 0 unspecified atom stereocenters. The Hall–Kier alpha value is -5.26. The summed E-state index contributed by atoms with van der Waals surface area (Å²) in [6.07, 6.45) is 1.47. The second-order valence-electron chi connectivity index (χ2n) is 8.70. The van der Waals surface area contributed by atoms with Crippen LogP contribution >= 0.6 is 11.6 Å². The van der Waals surface area contributed by atoms with Crippen molar-refractivity contribution in [3.63, 3.8) is 0 Å². The molecule has 8 nitrogen and oxygen atoms in total. The number of benzene rings is 3. The van der Waals surface area contributed by atoms with E-state index in [1.54, 1.807) is 44.6 Å². The molecule has 0 fully saturated rings. The van der Waals surface area contributed by atoms with Crippen molar-refractivity contribution in [3.8, 4) is 51.3 Å². The second kappa shape index (κ2) is 11.9. The van der Waals surface area contributed by atoms with E-state index in [1.807, 2.05) is 48.5 Å². The summed E-state index contributed by atoms with van der Waals surface area (Å²) in [5.74, 6) is 2.34. The van der Waals surface area contributed by atoms with Gasteiger partial charge in [0.2, 0.25) is 5.88 Å². The van der Waals surface area contributed by atoms with Crippen LogP contribution in [0.4, 0.5) is 5.88 Å². The fourth-order valence-electron chi connectivity index (χ4n) is 4.24. The molecular weight excluding hydrogens is 544 g/mol. The highest BCUT2D eigenvalue weighted by atomic mass is 35.5. The number of aliphatic imine (C=N–C) groups is 1. The van der Waals surface area contributed by atoms with Crippen LogP contribution in [0, 0.1) is 11.3 Å². The molecule has 41 heavy (non-hydrogen) atoms. The molecule has 0 aliphatic rings. The second-order valence-corrected chi connectivity index (χ2v) is 9.11. The number of carbonyl (C=O) groups excluding carboxylic acids is 1. The van der Waals surface area contributed by atoms with Crippen molar-refractivity contribution in [2.24, 2.45) is 4.99 Å². The molecule has 3 aromatic carbocycles. The molecule has 0 spiro atoms. The lowest BCUT2D eigenvalue weighted by Gasteiger charge is -2.06. The number of esters is 1. The van der Waals surface area contributed by atoms with Gasteiger partial charge in [0.1, 0.15) is 40.4 Å². The maximum Gasteiger partial charge on any atom is 0.339 e. The highest BCUT2D eigenvalue weighted by Gasteiger charge is 2.23. The van der Waals surface area contributed by atoms with Gasteiger partial charge in [0.25, 0.3) is 0 Å². The summed E-state index contributed by atoms with van der Waals surface area (Å²) in [5, 5.41) is 10.4. The van der Waals surface area contributed by atoms with Gasteiger partial charge in [-0.15, -0.1) is 0 Å². The topological polar surface area (TPSA) is 107 Å². The Kier molecular flexibility index (Phi) is 7.90. The summed E-state index contributed by atoms with van der Waals surface area (Å²) in [6, 6.07) is 25.3. The third-order valence-corrected chi connectivity index (χ3v) is 6.65. The van der Waals surface area contributed by atoms with Crippen LogP contribution in [0.2, 0.25) is 5.02 Å². The van der Waals surface area contributed by atoms with Crippen LogP contribution in [0.15, 0.2) is 92.7 Å². The van der Waals surface area contributed by atoms with E-state index in [-0.39, 0.29) is 22.0 Å². The monoisotopic (exact) mass is 566 g/mol. The molecule has 0 aliphatic heterocycles. The molecule has 5 rings (SSSR count). The predicted molar refractivity (Wildman–Crippen MR) is 155 cm³/mol. The molecule has 5 aromatic rings. The first-order valence-corrected chi connectivity index (χ1v) is 12.7. The minimum atomic E-state index is -0.549.